The quantitative estimate of drug-likeness (QED) is 0.456. The number of rotatable bonds is 7. The van der Waals surface area contributed by atoms with Gasteiger partial charge in [-0.3, -0.25) is 4.72 Å². The number of benzene rings is 3. The fraction of sp³-hybridized carbons (Fsp3) is 0.238. The number of nitrogens with one attached hydrogen (secondary N) is 1. The van der Waals surface area contributed by atoms with E-state index in [4.69, 9.17) is 0 Å². The summed E-state index contributed by atoms with van der Waals surface area (Å²) < 4.78 is 29.2. The van der Waals surface area contributed by atoms with Gasteiger partial charge in [-0.15, -0.1) is 0 Å². The van der Waals surface area contributed by atoms with E-state index in [-0.39, 0.29) is 4.90 Å². The van der Waals surface area contributed by atoms with Gasteiger partial charge >= 0.3 is 0 Å². The van der Waals surface area contributed by atoms with Crippen LogP contribution in [0.5, 0.6) is 0 Å². The number of sulfonamides is 1. The SMILES string of the molecule is CCCCCc1ccc(S(=O)(=O)Nc2ccc(Br)c3ccccc23)cc1. The molecule has 3 rings (SSSR count). The fourth-order valence-electron chi connectivity index (χ4n) is 2.97. The highest BCUT2D eigenvalue weighted by Crippen LogP contribution is 2.31. The monoisotopic (exact) mass is 431 g/mol. The van der Waals surface area contributed by atoms with Gasteiger partial charge < -0.3 is 0 Å². The smallest absolute Gasteiger partial charge is 0.261 e. The molecule has 0 aromatic heterocycles. The Morgan fingerprint density at radius 3 is 2.27 bits per heavy atom. The number of unbranched alkanes of at least 4 members (excludes halogenated alkanes) is 2. The summed E-state index contributed by atoms with van der Waals surface area (Å²) in [7, 11) is -3.62. The molecule has 0 aliphatic carbocycles. The lowest BCUT2D eigenvalue weighted by Gasteiger charge is -2.12. The third-order valence-corrected chi connectivity index (χ3v) is 6.49. The molecule has 136 valence electrons. The van der Waals surface area contributed by atoms with Gasteiger partial charge in [0, 0.05) is 9.86 Å². The lowest BCUT2D eigenvalue weighted by molar-refractivity contribution is 0.601. The largest absolute Gasteiger partial charge is 0.279 e. The minimum absolute atomic E-state index is 0.281. The van der Waals surface area contributed by atoms with Crippen molar-refractivity contribution in [1.82, 2.24) is 0 Å². The molecule has 0 radical (unpaired) electrons. The first-order valence-corrected chi connectivity index (χ1v) is 11.1. The molecule has 0 bridgehead atoms. The highest BCUT2D eigenvalue weighted by molar-refractivity contribution is 9.10. The zero-order chi connectivity index (χ0) is 18.6. The van der Waals surface area contributed by atoms with Gasteiger partial charge in [0.15, 0.2) is 0 Å². The van der Waals surface area contributed by atoms with Crippen LogP contribution in [-0.2, 0) is 16.4 Å². The highest BCUT2D eigenvalue weighted by Gasteiger charge is 2.16. The highest BCUT2D eigenvalue weighted by atomic mass is 79.9. The predicted octanol–water partition coefficient (Wildman–Crippen LogP) is 6.14. The predicted molar refractivity (Wildman–Crippen MR) is 112 cm³/mol. The summed E-state index contributed by atoms with van der Waals surface area (Å²) in [6.07, 6.45) is 4.49. The first-order valence-electron chi connectivity index (χ1n) is 8.80. The van der Waals surface area contributed by atoms with Crippen LogP contribution >= 0.6 is 15.9 Å². The van der Waals surface area contributed by atoms with Crippen LogP contribution in [0.1, 0.15) is 31.7 Å². The summed E-state index contributed by atoms with van der Waals surface area (Å²) in [6, 6.07) is 18.5. The molecule has 0 fully saturated rings. The van der Waals surface area contributed by atoms with Gasteiger partial charge in [0.25, 0.3) is 10.0 Å². The van der Waals surface area contributed by atoms with Crippen LogP contribution in [0.15, 0.2) is 70.0 Å². The molecule has 0 saturated heterocycles. The van der Waals surface area contributed by atoms with Crippen molar-refractivity contribution in [1.29, 1.82) is 0 Å². The Balaban J connectivity index is 1.84. The molecule has 0 spiro atoms. The third-order valence-electron chi connectivity index (χ3n) is 4.42. The number of anilines is 1. The average molecular weight is 432 g/mol. The van der Waals surface area contributed by atoms with Crippen molar-refractivity contribution in [2.24, 2.45) is 0 Å². The Morgan fingerprint density at radius 1 is 0.885 bits per heavy atom. The van der Waals surface area contributed by atoms with E-state index in [1.807, 2.05) is 42.5 Å². The van der Waals surface area contributed by atoms with Gasteiger partial charge in [-0.05, 0) is 48.1 Å². The molecule has 0 unspecified atom stereocenters. The molecular formula is C21H22BrNO2S. The molecule has 0 aliphatic heterocycles. The normalized spacial score (nSPS) is 11.6. The van der Waals surface area contributed by atoms with E-state index < -0.39 is 10.0 Å². The van der Waals surface area contributed by atoms with Gasteiger partial charge in [-0.25, -0.2) is 8.42 Å². The van der Waals surface area contributed by atoms with Crippen molar-refractivity contribution in [3.05, 3.63) is 70.7 Å². The van der Waals surface area contributed by atoms with E-state index >= 15 is 0 Å². The number of halogens is 1. The molecule has 3 aromatic carbocycles. The molecule has 3 aromatic rings. The summed E-state index contributed by atoms with van der Waals surface area (Å²) in [5.41, 5.74) is 1.75. The van der Waals surface area contributed by atoms with Crippen LogP contribution in [0.25, 0.3) is 10.8 Å². The lowest BCUT2D eigenvalue weighted by Crippen LogP contribution is -2.13. The van der Waals surface area contributed by atoms with E-state index in [1.165, 1.54) is 18.4 Å². The number of hydrogen-bond donors (Lipinski definition) is 1. The number of fused-ring (bicyclic) bond motifs is 1. The van der Waals surface area contributed by atoms with Crippen LogP contribution in [0.2, 0.25) is 0 Å². The maximum Gasteiger partial charge on any atom is 0.261 e. The Morgan fingerprint density at radius 2 is 1.58 bits per heavy atom. The molecule has 0 heterocycles. The molecule has 0 atom stereocenters. The summed E-state index contributed by atoms with van der Waals surface area (Å²) in [5, 5.41) is 1.83. The first-order chi connectivity index (χ1) is 12.5. The zero-order valence-electron chi connectivity index (χ0n) is 14.7. The average Bonchev–Trinajstić information content (AvgIpc) is 2.65. The summed E-state index contributed by atoms with van der Waals surface area (Å²) in [6.45, 7) is 2.17. The molecule has 0 saturated carbocycles. The van der Waals surface area contributed by atoms with Gasteiger partial charge in [0.05, 0.1) is 10.6 Å². The second kappa shape index (κ2) is 8.23. The first kappa shape index (κ1) is 18.9. The van der Waals surface area contributed by atoms with E-state index in [0.717, 1.165) is 28.1 Å². The van der Waals surface area contributed by atoms with Crippen molar-refractivity contribution >= 4 is 42.4 Å². The van der Waals surface area contributed by atoms with Crippen molar-refractivity contribution in [2.75, 3.05) is 4.72 Å². The maximum atomic E-state index is 12.8. The molecule has 26 heavy (non-hydrogen) atoms. The molecule has 5 heteroatoms. The molecule has 3 nitrogen and oxygen atoms in total. The fourth-order valence-corrected chi connectivity index (χ4v) is 4.53. The summed E-state index contributed by atoms with van der Waals surface area (Å²) in [5.74, 6) is 0. The van der Waals surface area contributed by atoms with Crippen molar-refractivity contribution in [3.63, 3.8) is 0 Å². The van der Waals surface area contributed by atoms with Crippen molar-refractivity contribution in [3.8, 4) is 0 Å². The second-order valence-electron chi connectivity index (χ2n) is 6.35. The Hall–Kier alpha value is -1.85. The van der Waals surface area contributed by atoms with Crippen LogP contribution in [0.4, 0.5) is 5.69 Å². The topological polar surface area (TPSA) is 46.2 Å². The summed E-state index contributed by atoms with van der Waals surface area (Å²) in [4.78, 5) is 0.281. The Labute approximate surface area is 163 Å². The Bertz CT molecular complexity index is 998. The van der Waals surface area contributed by atoms with E-state index in [9.17, 15) is 8.42 Å². The van der Waals surface area contributed by atoms with Crippen molar-refractivity contribution < 1.29 is 8.42 Å². The lowest BCUT2D eigenvalue weighted by atomic mass is 10.1. The standard InChI is InChI=1S/C21H22BrNO2S/c1-2-3-4-7-16-10-12-17(13-11-16)26(24,25)23-21-15-14-20(22)18-8-5-6-9-19(18)21/h5-6,8-15,23H,2-4,7H2,1H3. The van der Waals surface area contributed by atoms with E-state index in [2.05, 4.69) is 27.6 Å². The van der Waals surface area contributed by atoms with Crippen molar-refractivity contribution in [2.45, 2.75) is 37.5 Å². The molecule has 0 aliphatic rings. The van der Waals surface area contributed by atoms with Gasteiger partial charge in [-0.2, -0.15) is 0 Å². The Kier molecular flexibility index (Phi) is 5.99. The van der Waals surface area contributed by atoms with Gasteiger partial charge in [-0.1, -0.05) is 72.1 Å². The van der Waals surface area contributed by atoms with Crippen LogP contribution in [-0.4, -0.2) is 8.42 Å². The summed E-state index contributed by atoms with van der Waals surface area (Å²) >= 11 is 3.51. The van der Waals surface area contributed by atoms with Crippen LogP contribution in [0, 0.1) is 0 Å². The second-order valence-corrected chi connectivity index (χ2v) is 8.88. The van der Waals surface area contributed by atoms with Gasteiger partial charge in [0.2, 0.25) is 0 Å². The minimum Gasteiger partial charge on any atom is -0.279 e. The molecule has 1 N–H and O–H groups in total. The molecular weight excluding hydrogens is 410 g/mol. The number of aryl methyl sites for hydroxylation is 1. The number of hydrogen-bond acceptors (Lipinski definition) is 2. The third kappa shape index (κ3) is 4.27. The van der Waals surface area contributed by atoms with Crippen LogP contribution < -0.4 is 4.72 Å². The van der Waals surface area contributed by atoms with Crippen LogP contribution in [0.3, 0.4) is 0 Å². The zero-order valence-corrected chi connectivity index (χ0v) is 17.1. The molecule has 0 amide bonds. The minimum atomic E-state index is -3.62. The van der Waals surface area contributed by atoms with E-state index in [0.29, 0.717) is 5.69 Å². The van der Waals surface area contributed by atoms with Gasteiger partial charge in [0.1, 0.15) is 0 Å². The maximum absolute atomic E-state index is 12.8. The van der Waals surface area contributed by atoms with E-state index in [1.54, 1.807) is 18.2 Å².